The fourth-order valence-electron chi connectivity index (χ4n) is 2.45. The van der Waals surface area contributed by atoms with E-state index in [1.807, 2.05) is 12.1 Å². The van der Waals surface area contributed by atoms with E-state index >= 15 is 0 Å². The summed E-state index contributed by atoms with van der Waals surface area (Å²) in [6.07, 6.45) is 2.09. The highest BCUT2D eigenvalue weighted by Crippen LogP contribution is 2.36. The minimum absolute atomic E-state index is 0.243. The van der Waals surface area contributed by atoms with Gasteiger partial charge < -0.3 is 20.5 Å². The second-order valence-electron chi connectivity index (χ2n) is 5.63. The Kier molecular flexibility index (Phi) is 7.57. The van der Waals surface area contributed by atoms with Gasteiger partial charge in [-0.05, 0) is 42.6 Å². The molecular formula is C19H23ClN2O3. The van der Waals surface area contributed by atoms with Crippen molar-refractivity contribution >= 4 is 17.5 Å². The average molecular weight is 363 g/mol. The Morgan fingerprint density at radius 3 is 2.64 bits per heavy atom. The first-order chi connectivity index (χ1) is 12.1. The molecule has 0 saturated carbocycles. The van der Waals surface area contributed by atoms with Crippen LogP contribution in [0.4, 0.5) is 0 Å². The number of rotatable bonds is 10. The number of amides is 1. The van der Waals surface area contributed by atoms with Crippen LogP contribution in [0, 0.1) is 0 Å². The Balaban J connectivity index is 1.85. The summed E-state index contributed by atoms with van der Waals surface area (Å²) in [6, 6.07) is 14.0. The second kappa shape index (κ2) is 9.91. The number of halogens is 1. The van der Waals surface area contributed by atoms with Crippen molar-refractivity contribution < 1.29 is 14.3 Å². The molecule has 0 aliphatic rings. The highest BCUT2D eigenvalue weighted by molar-refractivity contribution is 6.32. The standard InChI is InChI=1S/C19H23ClN2O3/c1-24-17-11-15(10-16(20)19(17)25-13-18(21)23)12-22-9-5-8-14-6-3-2-4-7-14/h2-4,6-7,10-11,22H,5,8-9,12-13H2,1H3,(H2,21,23). The van der Waals surface area contributed by atoms with E-state index in [1.54, 1.807) is 6.07 Å². The quantitative estimate of drug-likeness (QED) is 0.637. The number of carbonyl (C=O) groups excluding carboxylic acids is 1. The smallest absolute Gasteiger partial charge is 0.255 e. The molecule has 134 valence electrons. The summed E-state index contributed by atoms with van der Waals surface area (Å²) < 4.78 is 10.6. The molecule has 5 nitrogen and oxygen atoms in total. The van der Waals surface area contributed by atoms with Crippen LogP contribution in [0.25, 0.3) is 0 Å². The van der Waals surface area contributed by atoms with Crippen molar-refractivity contribution in [2.75, 3.05) is 20.3 Å². The summed E-state index contributed by atoms with van der Waals surface area (Å²) in [4.78, 5) is 10.9. The van der Waals surface area contributed by atoms with Gasteiger partial charge in [-0.2, -0.15) is 0 Å². The van der Waals surface area contributed by atoms with Gasteiger partial charge in [0, 0.05) is 6.54 Å². The molecule has 0 aromatic heterocycles. The Morgan fingerprint density at radius 2 is 1.96 bits per heavy atom. The number of hydrogen-bond acceptors (Lipinski definition) is 4. The summed E-state index contributed by atoms with van der Waals surface area (Å²) >= 11 is 6.23. The summed E-state index contributed by atoms with van der Waals surface area (Å²) in [7, 11) is 1.53. The first-order valence-corrected chi connectivity index (χ1v) is 8.50. The van der Waals surface area contributed by atoms with E-state index in [1.165, 1.54) is 12.7 Å². The molecule has 25 heavy (non-hydrogen) atoms. The van der Waals surface area contributed by atoms with E-state index in [2.05, 4.69) is 29.6 Å². The second-order valence-corrected chi connectivity index (χ2v) is 6.04. The van der Waals surface area contributed by atoms with Crippen molar-refractivity contribution in [1.82, 2.24) is 5.32 Å². The zero-order chi connectivity index (χ0) is 18.1. The Labute approximate surface area is 153 Å². The zero-order valence-electron chi connectivity index (χ0n) is 14.3. The lowest BCUT2D eigenvalue weighted by atomic mass is 10.1. The van der Waals surface area contributed by atoms with Crippen LogP contribution < -0.4 is 20.5 Å². The van der Waals surface area contributed by atoms with Crippen molar-refractivity contribution in [2.45, 2.75) is 19.4 Å². The van der Waals surface area contributed by atoms with E-state index in [4.69, 9.17) is 26.8 Å². The molecule has 0 aliphatic heterocycles. The summed E-state index contributed by atoms with van der Waals surface area (Å²) in [5, 5.41) is 3.78. The molecule has 0 unspecified atom stereocenters. The lowest BCUT2D eigenvalue weighted by Gasteiger charge is -2.13. The average Bonchev–Trinajstić information content (AvgIpc) is 2.60. The van der Waals surface area contributed by atoms with Gasteiger partial charge in [-0.25, -0.2) is 0 Å². The van der Waals surface area contributed by atoms with Gasteiger partial charge in [-0.1, -0.05) is 41.9 Å². The van der Waals surface area contributed by atoms with E-state index in [-0.39, 0.29) is 6.61 Å². The molecule has 2 aromatic rings. The fraction of sp³-hybridized carbons (Fsp3) is 0.316. The molecule has 0 bridgehead atoms. The Hall–Kier alpha value is -2.24. The number of hydrogen-bond donors (Lipinski definition) is 2. The third-order valence-electron chi connectivity index (χ3n) is 3.64. The fourth-order valence-corrected chi connectivity index (χ4v) is 2.74. The number of methoxy groups -OCH3 is 1. The molecule has 0 spiro atoms. The van der Waals surface area contributed by atoms with Crippen LogP contribution in [0.2, 0.25) is 5.02 Å². The first-order valence-electron chi connectivity index (χ1n) is 8.12. The summed E-state index contributed by atoms with van der Waals surface area (Å²) in [6.45, 7) is 1.32. The predicted molar refractivity (Wildman–Crippen MR) is 99.2 cm³/mol. The topological polar surface area (TPSA) is 73.6 Å². The molecule has 0 saturated heterocycles. The number of ether oxygens (including phenoxy) is 2. The molecule has 6 heteroatoms. The predicted octanol–water partition coefficient (Wildman–Crippen LogP) is 2.94. The van der Waals surface area contributed by atoms with Gasteiger partial charge in [0.2, 0.25) is 0 Å². The van der Waals surface area contributed by atoms with E-state index < -0.39 is 5.91 Å². The third kappa shape index (κ3) is 6.29. The van der Waals surface area contributed by atoms with Crippen molar-refractivity contribution in [3.8, 4) is 11.5 Å². The number of carbonyl (C=O) groups is 1. The molecule has 0 radical (unpaired) electrons. The van der Waals surface area contributed by atoms with Crippen LogP contribution in [-0.2, 0) is 17.8 Å². The van der Waals surface area contributed by atoms with Gasteiger partial charge >= 0.3 is 0 Å². The highest BCUT2D eigenvalue weighted by Gasteiger charge is 2.13. The molecule has 2 aromatic carbocycles. The summed E-state index contributed by atoms with van der Waals surface area (Å²) in [5.41, 5.74) is 7.41. The van der Waals surface area contributed by atoms with Crippen molar-refractivity contribution in [1.29, 1.82) is 0 Å². The minimum Gasteiger partial charge on any atom is -0.493 e. The molecule has 3 N–H and O–H groups in total. The molecule has 0 aliphatic carbocycles. The van der Waals surface area contributed by atoms with Crippen LogP contribution in [-0.4, -0.2) is 26.2 Å². The Morgan fingerprint density at radius 1 is 1.20 bits per heavy atom. The van der Waals surface area contributed by atoms with Gasteiger partial charge in [-0.15, -0.1) is 0 Å². The molecular weight excluding hydrogens is 340 g/mol. The van der Waals surface area contributed by atoms with Crippen LogP contribution in [0.5, 0.6) is 11.5 Å². The van der Waals surface area contributed by atoms with Gasteiger partial charge in [0.05, 0.1) is 12.1 Å². The van der Waals surface area contributed by atoms with Gasteiger partial charge in [-0.3, -0.25) is 4.79 Å². The zero-order valence-corrected chi connectivity index (χ0v) is 15.0. The number of aryl methyl sites for hydroxylation is 1. The maximum Gasteiger partial charge on any atom is 0.255 e. The minimum atomic E-state index is -0.567. The number of nitrogens with one attached hydrogen (secondary N) is 1. The van der Waals surface area contributed by atoms with Gasteiger partial charge in [0.15, 0.2) is 18.1 Å². The Bertz CT molecular complexity index is 693. The van der Waals surface area contributed by atoms with Crippen LogP contribution >= 0.6 is 11.6 Å². The van der Waals surface area contributed by atoms with E-state index in [0.29, 0.717) is 23.1 Å². The van der Waals surface area contributed by atoms with Crippen molar-refractivity contribution in [3.05, 3.63) is 58.6 Å². The van der Waals surface area contributed by atoms with Crippen LogP contribution in [0.15, 0.2) is 42.5 Å². The third-order valence-corrected chi connectivity index (χ3v) is 3.92. The highest BCUT2D eigenvalue weighted by atomic mass is 35.5. The van der Waals surface area contributed by atoms with Crippen LogP contribution in [0.3, 0.4) is 0 Å². The largest absolute Gasteiger partial charge is 0.493 e. The molecule has 1 amide bonds. The van der Waals surface area contributed by atoms with Crippen molar-refractivity contribution in [2.24, 2.45) is 5.73 Å². The monoisotopic (exact) mass is 362 g/mol. The molecule has 2 rings (SSSR count). The normalized spacial score (nSPS) is 10.5. The lowest BCUT2D eigenvalue weighted by Crippen LogP contribution is -2.20. The number of nitrogens with two attached hydrogens (primary N) is 1. The van der Waals surface area contributed by atoms with E-state index in [9.17, 15) is 4.79 Å². The molecule has 0 heterocycles. The first kappa shape index (κ1) is 19.1. The maximum atomic E-state index is 10.9. The van der Waals surface area contributed by atoms with Crippen molar-refractivity contribution in [3.63, 3.8) is 0 Å². The summed E-state index contributed by atoms with van der Waals surface area (Å²) in [5.74, 6) is 0.243. The van der Waals surface area contributed by atoms with Gasteiger partial charge in [0.1, 0.15) is 0 Å². The maximum absolute atomic E-state index is 10.9. The van der Waals surface area contributed by atoms with E-state index in [0.717, 1.165) is 24.9 Å². The molecule has 0 atom stereocenters. The number of primary amides is 1. The lowest BCUT2D eigenvalue weighted by molar-refractivity contribution is -0.119. The number of benzene rings is 2. The molecule has 0 fully saturated rings. The van der Waals surface area contributed by atoms with Crippen LogP contribution in [0.1, 0.15) is 17.5 Å². The van der Waals surface area contributed by atoms with Gasteiger partial charge in [0.25, 0.3) is 5.91 Å². The SMILES string of the molecule is COc1cc(CNCCCc2ccccc2)cc(Cl)c1OCC(N)=O.